The Hall–Kier alpha value is -1.02. The summed E-state index contributed by atoms with van der Waals surface area (Å²) in [7, 11) is 0. The molecule has 0 saturated carbocycles. The number of phenols is 1. The fourth-order valence-electron chi connectivity index (χ4n) is 2.21. The van der Waals surface area contributed by atoms with E-state index >= 15 is 0 Å². The predicted molar refractivity (Wildman–Crippen MR) is 57.5 cm³/mol. The Kier molecular flexibility index (Phi) is 2.23. The van der Waals surface area contributed by atoms with Crippen LogP contribution in [-0.2, 0) is 0 Å². The first-order valence-electron chi connectivity index (χ1n) is 5.09. The Morgan fingerprint density at radius 1 is 1.29 bits per heavy atom. The number of aromatic hydroxyl groups is 1. The van der Waals surface area contributed by atoms with Crippen molar-refractivity contribution in [1.82, 2.24) is 5.32 Å². The first-order valence-corrected chi connectivity index (χ1v) is 5.09. The monoisotopic (exact) mass is 191 g/mol. The number of nitrogens with one attached hydrogen (secondary N) is 1. The quantitative estimate of drug-likeness (QED) is 0.712. The van der Waals surface area contributed by atoms with Gasteiger partial charge in [-0.05, 0) is 23.1 Å². The highest BCUT2D eigenvalue weighted by Gasteiger charge is 2.35. The molecule has 1 atom stereocenters. The lowest BCUT2D eigenvalue weighted by molar-refractivity contribution is 0.362. The molecule has 0 amide bonds. The minimum atomic E-state index is 0.316. The zero-order valence-corrected chi connectivity index (χ0v) is 8.75. The van der Waals surface area contributed by atoms with E-state index in [2.05, 4.69) is 19.2 Å². The van der Waals surface area contributed by atoms with Crippen LogP contribution >= 0.6 is 0 Å². The Morgan fingerprint density at radius 3 is 2.43 bits per heavy atom. The number of benzene rings is 1. The SMILES string of the molecule is CC1(C)CNC[C@H]1c1ccc(O)cc1. The standard InChI is InChI=1S/C12H17NO/c1-12(2)8-13-7-11(12)9-3-5-10(14)6-4-9/h3-6,11,13-14H,7-8H2,1-2H3/t11-/m0/s1. The summed E-state index contributed by atoms with van der Waals surface area (Å²) in [6.45, 7) is 6.67. The van der Waals surface area contributed by atoms with Crippen molar-refractivity contribution >= 4 is 0 Å². The molecule has 1 heterocycles. The van der Waals surface area contributed by atoms with E-state index in [0.29, 0.717) is 17.1 Å². The van der Waals surface area contributed by atoms with E-state index in [9.17, 15) is 5.11 Å². The molecule has 76 valence electrons. The lowest BCUT2D eigenvalue weighted by Gasteiger charge is -2.26. The molecule has 0 aliphatic carbocycles. The minimum absolute atomic E-state index is 0.316. The molecule has 1 aromatic carbocycles. The summed E-state index contributed by atoms with van der Waals surface area (Å²) in [5, 5.41) is 12.6. The maximum absolute atomic E-state index is 9.21. The summed E-state index contributed by atoms with van der Waals surface area (Å²) in [5.74, 6) is 0.903. The summed E-state index contributed by atoms with van der Waals surface area (Å²) in [4.78, 5) is 0. The average Bonchev–Trinajstić information content (AvgIpc) is 2.47. The molecule has 1 aliphatic rings. The van der Waals surface area contributed by atoms with Crippen molar-refractivity contribution in [2.45, 2.75) is 19.8 Å². The van der Waals surface area contributed by atoms with Gasteiger partial charge in [-0.15, -0.1) is 0 Å². The molecule has 1 saturated heterocycles. The van der Waals surface area contributed by atoms with Crippen LogP contribution in [0.4, 0.5) is 0 Å². The Bertz CT molecular complexity index is 316. The molecule has 0 bridgehead atoms. The Balaban J connectivity index is 2.27. The summed E-state index contributed by atoms with van der Waals surface area (Å²) in [6.07, 6.45) is 0. The first-order chi connectivity index (χ1) is 6.59. The summed E-state index contributed by atoms with van der Waals surface area (Å²) in [6, 6.07) is 7.58. The van der Waals surface area contributed by atoms with E-state index < -0.39 is 0 Å². The van der Waals surface area contributed by atoms with Crippen molar-refractivity contribution in [3.8, 4) is 5.75 Å². The smallest absolute Gasteiger partial charge is 0.115 e. The third kappa shape index (κ3) is 1.62. The van der Waals surface area contributed by atoms with Gasteiger partial charge in [0.05, 0.1) is 0 Å². The molecule has 2 heteroatoms. The molecular formula is C12H17NO. The molecule has 0 radical (unpaired) electrons. The van der Waals surface area contributed by atoms with Crippen LogP contribution < -0.4 is 5.32 Å². The van der Waals surface area contributed by atoms with Gasteiger partial charge in [-0.25, -0.2) is 0 Å². The molecular weight excluding hydrogens is 174 g/mol. The second-order valence-corrected chi connectivity index (χ2v) is 4.76. The van der Waals surface area contributed by atoms with Crippen molar-refractivity contribution in [1.29, 1.82) is 0 Å². The maximum Gasteiger partial charge on any atom is 0.115 e. The fraction of sp³-hybridized carbons (Fsp3) is 0.500. The predicted octanol–water partition coefficient (Wildman–Crippen LogP) is 2.11. The van der Waals surface area contributed by atoms with Crippen LogP contribution in [0.15, 0.2) is 24.3 Å². The van der Waals surface area contributed by atoms with Crippen molar-refractivity contribution in [3.05, 3.63) is 29.8 Å². The third-order valence-electron chi connectivity index (χ3n) is 3.17. The van der Waals surface area contributed by atoms with E-state index in [1.165, 1.54) is 5.56 Å². The second-order valence-electron chi connectivity index (χ2n) is 4.76. The van der Waals surface area contributed by atoms with Gasteiger partial charge in [0, 0.05) is 19.0 Å². The van der Waals surface area contributed by atoms with Crippen LogP contribution in [0.2, 0.25) is 0 Å². The van der Waals surface area contributed by atoms with Crippen LogP contribution in [0, 0.1) is 5.41 Å². The van der Waals surface area contributed by atoms with Crippen LogP contribution in [0.3, 0.4) is 0 Å². The van der Waals surface area contributed by atoms with Gasteiger partial charge in [0.15, 0.2) is 0 Å². The molecule has 14 heavy (non-hydrogen) atoms. The van der Waals surface area contributed by atoms with Gasteiger partial charge in [0.2, 0.25) is 0 Å². The van der Waals surface area contributed by atoms with Crippen LogP contribution in [-0.4, -0.2) is 18.2 Å². The summed E-state index contributed by atoms with van der Waals surface area (Å²) >= 11 is 0. The van der Waals surface area contributed by atoms with Crippen LogP contribution in [0.1, 0.15) is 25.3 Å². The largest absolute Gasteiger partial charge is 0.508 e. The van der Waals surface area contributed by atoms with Crippen molar-refractivity contribution < 1.29 is 5.11 Å². The van der Waals surface area contributed by atoms with Gasteiger partial charge in [0.1, 0.15) is 5.75 Å². The minimum Gasteiger partial charge on any atom is -0.508 e. The summed E-state index contributed by atoms with van der Waals surface area (Å²) < 4.78 is 0. The fourth-order valence-corrected chi connectivity index (χ4v) is 2.21. The van der Waals surface area contributed by atoms with Crippen LogP contribution in [0.5, 0.6) is 5.75 Å². The normalized spacial score (nSPS) is 25.1. The zero-order chi connectivity index (χ0) is 10.2. The van der Waals surface area contributed by atoms with E-state index in [4.69, 9.17) is 0 Å². The van der Waals surface area contributed by atoms with Crippen LogP contribution in [0.25, 0.3) is 0 Å². The third-order valence-corrected chi connectivity index (χ3v) is 3.17. The number of hydrogen-bond donors (Lipinski definition) is 2. The molecule has 1 fully saturated rings. The molecule has 2 rings (SSSR count). The Labute approximate surface area is 85.0 Å². The highest BCUT2D eigenvalue weighted by molar-refractivity contribution is 5.30. The van der Waals surface area contributed by atoms with Gasteiger partial charge in [0.25, 0.3) is 0 Å². The first kappa shape index (κ1) is 9.53. The van der Waals surface area contributed by atoms with Gasteiger partial charge < -0.3 is 10.4 Å². The summed E-state index contributed by atoms with van der Waals surface area (Å²) in [5.41, 5.74) is 1.63. The van der Waals surface area contributed by atoms with E-state index in [0.717, 1.165) is 13.1 Å². The molecule has 2 N–H and O–H groups in total. The lowest BCUT2D eigenvalue weighted by atomic mass is 9.78. The van der Waals surface area contributed by atoms with E-state index in [-0.39, 0.29) is 0 Å². The van der Waals surface area contributed by atoms with Gasteiger partial charge in [-0.3, -0.25) is 0 Å². The number of phenolic OH excluding ortho intramolecular Hbond substituents is 1. The van der Waals surface area contributed by atoms with Gasteiger partial charge in [-0.2, -0.15) is 0 Å². The topological polar surface area (TPSA) is 32.3 Å². The average molecular weight is 191 g/mol. The molecule has 1 aromatic rings. The zero-order valence-electron chi connectivity index (χ0n) is 8.75. The van der Waals surface area contributed by atoms with Gasteiger partial charge >= 0.3 is 0 Å². The molecule has 0 unspecified atom stereocenters. The number of rotatable bonds is 1. The highest BCUT2D eigenvalue weighted by Crippen LogP contribution is 2.38. The highest BCUT2D eigenvalue weighted by atomic mass is 16.3. The van der Waals surface area contributed by atoms with Gasteiger partial charge in [-0.1, -0.05) is 26.0 Å². The number of hydrogen-bond acceptors (Lipinski definition) is 2. The molecule has 2 nitrogen and oxygen atoms in total. The maximum atomic E-state index is 9.21. The van der Waals surface area contributed by atoms with Crippen molar-refractivity contribution in [3.63, 3.8) is 0 Å². The lowest BCUT2D eigenvalue weighted by Crippen LogP contribution is -2.20. The van der Waals surface area contributed by atoms with Crippen molar-refractivity contribution in [2.75, 3.05) is 13.1 Å². The van der Waals surface area contributed by atoms with Crippen molar-refractivity contribution in [2.24, 2.45) is 5.41 Å². The molecule has 1 aliphatic heterocycles. The van der Waals surface area contributed by atoms with E-state index in [1.807, 2.05) is 12.1 Å². The Morgan fingerprint density at radius 2 is 1.93 bits per heavy atom. The second kappa shape index (κ2) is 3.28. The molecule has 0 aromatic heterocycles. The van der Waals surface area contributed by atoms with E-state index in [1.54, 1.807) is 12.1 Å². The molecule has 0 spiro atoms.